The Morgan fingerprint density at radius 2 is 2.06 bits per heavy atom. The lowest BCUT2D eigenvalue weighted by atomic mass is 10.2. The van der Waals surface area contributed by atoms with Crippen molar-refractivity contribution in [1.29, 1.82) is 0 Å². The lowest BCUT2D eigenvalue weighted by Crippen LogP contribution is -2.43. The fraction of sp³-hybridized carbons (Fsp3) is 0.455. The van der Waals surface area contributed by atoms with Crippen LogP contribution in [0.3, 0.4) is 0 Å². The smallest absolute Gasteiger partial charge is 0.313 e. The van der Waals surface area contributed by atoms with Crippen molar-refractivity contribution in [3.63, 3.8) is 0 Å². The second-order valence-electron chi connectivity index (χ2n) is 3.82. The molecular weight excluding hydrogens is 258 g/mol. The summed E-state index contributed by atoms with van der Waals surface area (Å²) in [7, 11) is 1.47. The van der Waals surface area contributed by atoms with E-state index in [1.165, 1.54) is 13.2 Å². The molecule has 0 saturated carbocycles. The van der Waals surface area contributed by atoms with Gasteiger partial charge in [0.25, 0.3) is 0 Å². The average Bonchev–Trinajstić information content (AvgIpc) is 2.38. The molecule has 0 amide bonds. The molecule has 0 unspecified atom stereocenters. The van der Waals surface area contributed by atoms with E-state index in [1.807, 2.05) is 6.07 Å². The summed E-state index contributed by atoms with van der Waals surface area (Å²) < 4.78 is 5.19. The molecule has 0 spiro atoms. The number of benzene rings is 1. The number of anilines is 1. The summed E-state index contributed by atoms with van der Waals surface area (Å²) in [6.45, 7) is 3.42. The number of methoxy groups -OCH3 is 1. The van der Waals surface area contributed by atoms with Crippen LogP contribution in [-0.4, -0.2) is 38.2 Å². The molecular formula is C11H16ClN3O3. The van der Waals surface area contributed by atoms with Crippen LogP contribution in [0.2, 0.25) is 0 Å². The fourth-order valence-electron chi connectivity index (χ4n) is 2.02. The minimum atomic E-state index is -0.412. The van der Waals surface area contributed by atoms with Crippen LogP contribution in [-0.2, 0) is 0 Å². The second kappa shape index (κ2) is 6.42. The summed E-state index contributed by atoms with van der Waals surface area (Å²) >= 11 is 0. The molecule has 1 aromatic carbocycles. The lowest BCUT2D eigenvalue weighted by molar-refractivity contribution is -0.385. The molecule has 100 valence electrons. The highest BCUT2D eigenvalue weighted by Gasteiger charge is 2.22. The van der Waals surface area contributed by atoms with Crippen LogP contribution in [0.15, 0.2) is 18.2 Å². The molecule has 0 aromatic heterocycles. The van der Waals surface area contributed by atoms with Gasteiger partial charge in [0.05, 0.1) is 17.7 Å². The maximum absolute atomic E-state index is 10.9. The van der Waals surface area contributed by atoms with Crippen LogP contribution < -0.4 is 15.0 Å². The van der Waals surface area contributed by atoms with Gasteiger partial charge < -0.3 is 15.0 Å². The number of hydrogen-bond acceptors (Lipinski definition) is 5. The Morgan fingerprint density at radius 3 is 2.61 bits per heavy atom. The molecule has 6 nitrogen and oxygen atoms in total. The molecule has 1 aromatic rings. The Balaban J connectivity index is 0.00000162. The predicted molar refractivity (Wildman–Crippen MR) is 72.0 cm³/mol. The summed E-state index contributed by atoms with van der Waals surface area (Å²) in [6.07, 6.45) is 0. The molecule has 0 aliphatic carbocycles. The molecule has 1 N–H and O–H groups in total. The molecule has 0 atom stereocenters. The van der Waals surface area contributed by atoms with Gasteiger partial charge in [-0.2, -0.15) is 0 Å². The molecule has 0 radical (unpaired) electrons. The van der Waals surface area contributed by atoms with E-state index in [-0.39, 0.29) is 18.1 Å². The van der Waals surface area contributed by atoms with Crippen LogP contribution in [0.25, 0.3) is 0 Å². The molecule has 1 heterocycles. The third kappa shape index (κ3) is 2.83. The van der Waals surface area contributed by atoms with Crippen LogP contribution in [0.5, 0.6) is 5.75 Å². The third-order valence-corrected chi connectivity index (χ3v) is 2.83. The van der Waals surface area contributed by atoms with Gasteiger partial charge in [0.2, 0.25) is 5.75 Å². The van der Waals surface area contributed by atoms with E-state index in [4.69, 9.17) is 4.74 Å². The SMILES string of the molecule is COc1c(N2CCNCC2)cccc1[N+](=O)[O-].Cl. The molecule has 2 rings (SSSR count). The summed E-state index contributed by atoms with van der Waals surface area (Å²) in [5.74, 6) is 0.347. The van der Waals surface area contributed by atoms with E-state index in [1.54, 1.807) is 6.07 Å². The number of nitro groups is 1. The van der Waals surface area contributed by atoms with E-state index < -0.39 is 4.92 Å². The minimum Gasteiger partial charge on any atom is -0.489 e. The summed E-state index contributed by atoms with van der Waals surface area (Å²) in [6, 6.07) is 5.01. The van der Waals surface area contributed by atoms with Gasteiger partial charge in [-0.1, -0.05) is 6.07 Å². The molecule has 1 aliphatic rings. The van der Waals surface area contributed by atoms with Crippen LogP contribution in [0.1, 0.15) is 0 Å². The summed E-state index contributed by atoms with van der Waals surface area (Å²) in [5, 5.41) is 14.2. The Morgan fingerprint density at radius 1 is 1.39 bits per heavy atom. The number of rotatable bonds is 3. The van der Waals surface area contributed by atoms with E-state index in [0.717, 1.165) is 31.9 Å². The molecule has 0 bridgehead atoms. The zero-order valence-electron chi connectivity index (χ0n) is 10.1. The monoisotopic (exact) mass is 273 g/mol. The fourth-order valence-corrected chi connectivity index (χ4v) is 2.02. The number of nitrogens with one attached hydrogen (secondary N) is 1. The number of hydrogen-bond donors (Lipinski definition) is 1. The first kappa shape index (κ1) is 14.5. The van der Waals surface area contributed by atoms with Crippen molar-refractivity contribution in [2.45, 2.75) is 0 Å². The zero-order valence-corrected chi connectivity index (χ0v) is 10.9. The van der Waals surface area contributed by atoms with Gasteiger partial charge >= 0.3 is 5.69 Å². The van der Waals surface area contributed by atoms with Crippen molar-refractivity contribution in [3.05, 3.63) is 28.3 Å². The van der Waals surface area contributed by atoms with Gasteiger partial charge in [0.15, 0.2) is 0 Å². The predicted octanol–water partition coefficient (Wildman–Crippen LogP) is 1.43. The first-order valence-electron chi connectivity index (χ1n) is 5.51. The number of halogens is 1. The van der Waals surface area contributed by atoms with E-state index in [9.17, 15) is 10.1 Å². The van der Waals surface area contributed by atoms with Gasteiger partial charge in [0.1, 0.15) is 0 Å². The number of nitrogens with zero attached hydrogens (tertiary/aromatic N) is 2. The topological polar surface area (TPSA) is 67.6 Å². The van der Waals surface area contributed by atoms with Crippen molar-refractivity contribution in [3.8, 4) is 5.75 Å². The van der Waals surface area contributed by atoms with Gasteiger partial charge in [-0.15, -0.1) is 12.4 Å². The maximum atomic E-state index is 10.9. The molecule has 1 fully saturated rings. The molecule has 1 saturated heterocycles. The van der Waals surface area contributed by atoms with E-state index in [0.29, 0.717) is 5.75 Å². The normalized spacial score (nSPS) is 14.8. The number of ether oxygens (including phenoxy) is 1. The highest BCUT2D eigenvalue weighted by Crippen LogP contribution is 2.36. The maximum Gasteiger partial charge on any atom is 0.313 e. The van der Waals surface area contributed by atoms with Gasteiger partial charge in [-0.3, -0.25) is 10.1 Å². The van der Waals surface area contributed by atoms with Crippen molar-refractivity contribution in [2.24, 2.45) is 0 Å². The molecule has 7 heteroatoms. The summed E-state index contributed by atoms with van der Waals surface area (Å²) in [4.78, 5) is 12.6. The van der Waals surface area contributed by atoms with E-state index in [2.05, 4.69) is 10.2 Å². The number of nitro benzene ring substituents is 1. The number of piperazine rings is 1. The third-order valence-electron chi connectivity index (χ3n) is 2.83. The largest absolute Gasteiger partial charge is 0.489 e. The van der Waals surface area contributed by atoms with E-state index >= 15 is 0 Å². The highest BCUT2D eigenvalue weighted by molar-refractivity contribution is 5.85. The standard InChI is InChI=1S/C11H15N3O3.ClH/c1-17-11-9(13-7-5-12-6-8-13)3-2-4-10(11)14(15)16;/h2-4,12H,5-8H2,1H3;1H. The van der Waals surface area contributed by atoms with Crippen LogP contribution >= 0.6 is 12.4 Å². The molecule has 1 aliphatic heterocycles. The minimum absolute atomic E-state index is 0. The number of para-hydroxylation sites is 1. The van der Waals surface area contributed by atoms with Gasteiger partial charge in [-0.25, -0.2) is 0 Å². The average molecular weight is 274 g/mol. The Labute approximate surface area is 111 Å². The first-order valence-corrected chi connectivity index (χ1v) is 5.51. The van der Waals surface area contributed by atoms with Crippen molar-refractivity contribution < 1.29 is 9.66 Å². The van der Waals surface area contributed by atoms with Crippen molar-refractivity contribution in [1.82, 2.24) is 5.32 Å². The Bertz CT molecular complexity index is 422. The van der Waals surface area contributed by atoms with Gasteiger partial charge in [-0.05, 0) is 6.07 Å². The molecule has 18 heavy (non-hydrogen) atoms. The lowest BCUT2D eigenvalue weighted by Gasteiger charge is -2.30. The second-order valence-corrected chi connectivity index (χ2v) is 3.82. The Kier molecular flexibility index (Phi) is 5.18. The van der Waals surface area contributed by atoms with Crippen LogP contribution in [0, 0.1) is 10.1 Å². The first-order chi connectivity index (χ1) is 8.24. The van der Waals surface area contributed by atoms with Crippen molar-refractivity contribution >= 4 is 23.8 Å². The quantitative estimate of drug-likeness (QED) is 0.667. The zero-order chi connectivity index (χ0) is 12.3. The highest BCUT2D eigenvalue weighted by atomic mass is 35.5. The van der Waals surface area contributed by atoms with Crippen LogP contribution in [0.4, 0.5) is 11.4 Å². The summed E-state index contributed by atoms with van der Waals surface area (Å²) in [5.41, 5.74) is 0.812. The van der Waals surface area contributed by atoms with Gasteiger partial charge in [0, 0.05) is 32.2 Å². The van der Waals surface area contributed by atoms with Crippen molar-refractivity contribution in [2.75, 3.05) is 38.2 Å². The Hall–Kier alpha value is -1.53.